The molecule has 21 heavy (non-hydrogen) atoms. The molecule has 0 aliphatic heterocycles. The summed E-state index contributed by atoms with van der Waals surface area (Å²) in [6.07, 6.45) is 1.48. The number of nitro benzene ring substituents is 1. The van der Waals surface area contributed by atoms with Crippen molar-refractivity contribution in [3.8, 4) is 17.6 Å². The second kappa shape index (κ2) is 8.76. The average Bonchev–Trinajstić information content (AvgIpc) is 2.50. The lowest BCUT2D eigenvalue weighted by Crippen LogP contribution is -2.29. The van der Waals surface area contributed by atoms with E-state index in [-0.39, 0.29) is 11.7 Å². The van der Waals surface area contributed by atoms with Crippen LogP contribution in [0.25, 0.3) is 0 Å². The Kier molecular flexibility index (Phi) is 6.98. The van der Waals surface area contributed by atoms with Crippen LogP contribution in [0, 0.1) is 21.4 Å². The van der Waals surface area contributed by atoms with Gasteiger partial charge in [0.25, 0.3) is 5.69 Å². The van der Waals surface area contributed by atoms with Crippen LogP contribution in [-0.2, 0) is 0 Å². The van der Waals surface area contributed by atoms with Crippen molar-refractivity contribution < 1.29 is 14.4 Å². The maximum Gasteiger partial charge on any atom is 0.273 e. The molecule has 1 aromatic carbocycles. The lowest BCUT2D eigenvalue weighted by molar-refractivity contribution is -0.384. The molecule has 0 amide bonds. The van der Waals surface area contributed by atoms with E-state index in [0.717, 1.165) is 13.0 Å². The zero-order chi connectivity index (χ0) is 15.7. The number of non-ortho nitro benzene ring substituents is 1. The topological polar surface area (TPSA) is 97.4 Å². The summed E-state index contributed by atoms with van der Waals surface area (Å²) >= 11 is 0. The van der Waals surface area contributed by atoms with Gasteiger partial charge >= 0.3 is 0 Å². The van der Waals surface area contributed by atoms with E-state index in [4.69, 9.17) is 14.7 Å². The van der Waals surface area contributed by atoms with Gasteiger partial charge in [-0.1, -0.05) is 6.92 Å². The van der Waals surface area contributed by atoms with Crippen LogP contribution in [0.15, 0.2) is 18.2 Å². The fourth-order valence-corrected chi connectivity index (χ4v) is 1.71. The lowest BCUT2D eigenvalue weighted by atomic mass is 10.2. The maximum atomic E-state index is 10.7. The van der Waals surface area contributed by atoms with Gasteiger partial charge in [0, 0.05) is 12.5 Å². The highest BCUT2D eigenvalue weighted by atomic mass is 16.6. The molecule has 0 aliphatic rings. The fourth-order valence-electron chi connectivity index (χ4n) is 1.71. The first-order valence-electron chi connectivity index (χ1n) is 6.70. The first-order valence-corrected chi connectivity index (χ1v) is 6.70. The van der Waals surface area contributed by atoms with Crippen molar-refractivity contribution in [2.75, 3.05) is 20.3 Å². The standard InChI is InChI=1S/C14H19N3O4/c1-3-7-16-11(10-15)6-8-21-13-5-4-12(17(18)19)9-14(13)20-2/h4-5,9,11,16H,3,6-8H2,1-2H3. The van der Waals surface area contributed by atoms with Gasteiger partial charge in [-0.3, -0.25) is 10.1 Å². The number of hydrogen-bond donors (Lipinski definition) is 1. The van der Waals surface area contributed by atoms with E-state index in [1.165, 1.54) is 25.3 Å². The van der Waals surface area contributed by atoms with Crippen molar-refractivity contribution in [1.82, 2.24) is 5.32 Å². The van der Waals surface area contributed by atoms with E-state index in [1.807, 2.05) is 6.92 Å². The predicted molar refractivity (Wildman–Crippen MR) is 77.5 cm³/mol. The Labute approximate surface area is 123 Å². The summed E-state index contributed by atoms with van der Waals surface area (Å²) in [4.78, 5) is 10.2. The fraction of sp³-hybridized carbons (Fsp3) is 0.500. The van der Waals surface area contributed by atoms with Gasteiger partial charge in [0.05, 0.1) is 36.8 Å². The molecule has 0 saturated carbocycles. The summed E-state index contributed by atoms with van der Waals surface area (Å²) in [5.41, 5.74) is -0.0567. The first-order chi connectivity index (χ1) is 10.1. The number of hydrogen-bond acceptors (Lipinski definition) is 6. The van der Waals surface area contributed by atoms with Crippen LogP contribution in [0.3, 0.4) is 0 Å². The van der Waals surface area contributed by atoms with Crippen LogP contribution in [0.1, 0.15) is 19.8 Å². The molecule has 0 aliphatic carbocycles. The van der Waals surface area contributed by atoms with Gasteiger partial charge in [0.15, 0.2) is 11.5 Å². The van der Waals surface area contributed by atoms with E-state index in [0.29, 0.717) is 24.5 Å². The number of benzene rings is 1. The highest BCUT2D eigenvalue weighted by Gasteiger charge is 2.13. The van der Waals surface area contributed by atoms with Gasteiger partial charge in [-0.25, -0.2) is 0 Å². The Morgan fingerprint density at radius 1 is 1.48 bits per heavy atom. The van der Waals surface area contributed by atoms with Crippen LogP contribution in [0.4, 0.5) is 5.69 Å². The quantitative estimate of drug-likeness (QED) is 0.554. The molecular weight excluding hydrogens is 274 g/mol. The van der Waals surface area contributed by atoms with Crippen molar-refractivity contribution >= 4 is 5.69 Å². The Hall–Kier alpha value is -2.33. The third-order valence-corrected chi connectivity index (χ3v) is 2.82. The molecule has 1 N–H and O–H groups in total. The SMILES string of the molecule is CCCNC(C#N)CCOc1ccc([N+](=O)[O-])cc1OC. The minimum atomic E-state index is -0.493. The molecular formula is C14H19N3O4. The zero-order valence-electron chi connectivity index (χ0n) is 12.2. The van der Waals surface area contributed by atoms with Crippen molar-refractivity contribution in [2.24, 2.45) is 0 Å². The summed E-state index contributed by atoms with van der Waals surface area (Å²) in [5.74, 6) is 0.731. The highest BCUT2D eigenvalue weighted by Crippen LogP contribution is 2.31. The molecule has 1 aromatic rings. The predicted octanol–water partition coefficient (Wildman–Crippen LogP) is 2.26. The third-order valence-electron chi connectivity index (χ3n) is 2.82. The van der Waals surface area contributed by atoms with E-state index >= 15 is 0 Å². The summed E-state index contributed by atoms with van der Waals surface area (Å²) < 4.78 is 10.6. The van der Waals surface area contributed by atoms with E-state index in [1.54, 1.807) is 0 Å². The number of methoxy groups -OCH3 is 1. The molecule has 1 unspecified atom stereocenters. The molecule has 7 heteroatoms. The molecule has 0 saturated heterocycles. The van der Waals surface area contributed by atoms with Crippen molar-refractivity contribution in [2.45, 2.75) is 25.8 Å². The Morgan fingerprint density at radius 2 is 2.24 bits per heavy atom. The van der Waals surface area contributed by atoms with E-state index in [9.17, 15) is 10.1 Å². The van der Waals surface area contributed by atoms with Gasteiger partial charge in [-0.15, -0.1) is 0 Å². The molecule has 1 atom stereocenters. The molecule has 1 rings (SSSR count). The monoisotopic (exact) mass is 293 g/mol. The normalized spacial score (nSPS) is 11.5. The zero-order valence-corrected chi connectivity index (χ0v) is 12.2. The van der Waals surface area contributed by atoms with E-state index < -0.39 is 4.92 Å². The van der Waals surface area contributed by atoms with Crippen LogP contribution >= 0.6 is 0 Å². The maximum absolute atomic E-state index is 10.7. The van der Waals surface area contributed by atoms with Crippen molar-refractivity contribution in [1.29, 1.82) is 5.26 Å². The summed E-state index contributed by atoms with van der Waals surface area (Å²) in [6, 6.07) is 6.06. The molecule has 114 valence electrons. The summed E-state index contributed by atoms with van der Waals surface area (Å²) in [5, 5.41) is 22.8. The summed E-state index contributed by atoms with van der Waals surface area (Å²) in [6.45, 7) is 3.13. The van der Waals surface area contributed by atoms with Gasteiger partial charge in [-0.05, 0) is 19.0 Å². The van der Waals surface area contributed by atoms with Crippen LogP contribution in [0.5, 0.6) is 11.5 Å². The van der Waals surface area contributed by atoms with Crippen molar-refractivity contribution in [3.63, 3.8) is 0 Å². The number of rotatable bonds is 9. The molecule has 7 nitrogen and oxygen atoms in total. The molecule has 0 heterocycles. The molecule has 0 radical (unpaired) electrons. The Balaban J connectivity index is 2.59. The summed E-state index contributed by atoms with van der Waals surface area (Å²) in [7, 11) is 1.42. The molecule has 0 spiro atoms. The van der Waals surface area contributed by atoms with E-state index in [2.05, 4.69) is 11.4 Å². The minimum absolute atomic E-state index is 0.0567. The molecule has 0 bridgehead atoms. The van der Waals surface area contributed by atoms with Crippen LogP contribution in [-0.4, -0.2) is 31.2 Å². The lowest BCUT2D eigenvalue weighted by Gasteiger charge is -2.13. The first kappa shape index (κ1) is 16.7. The number of nitro groups is 1. The van der Waals surface area contributed by atoms with Crippen LogP contribution < -0.4 is 14.8 Å². The minimum Gasteiger partial charge on any atom is -0.493 e. The Morgan fingerprint density at radius 3 is 2.81 bits per heavy atom. The highest BCUT2D eigenvalue weighted by molar-refractivity contribution is 5.48. The van der Waals surface area contributed by atoms with Gasteiger partial charge in [0.1, 0.15) is 0 Å². The number of nitrogens with zero attached hydrogens (tertiary/aromatic N) is 2. The number of nitriles is 1. The second-order valence-corrected chi connectivity index (χ2v) is 4.37. The smallest absolute Gasteiger partial charge is 0.273 e. The number of nitrogens with one attached hydrogen (secondary N) is 1. The second-order valence-electron chi connectivity index (χ2n) is 4.37. The molecule has 0 aromatic heterocycles. The van der Waals surface area contributed by atoms with Gasteiger partial charge < -0.3 is 14.8 Å². The Bertz CT molecular complexity index is 513. The average molecular weight is 293 g/mol. The van der Waals surface area contributed by atoms with Crippen LogP contribution in [0.2, 0.25) is 0 Å². The number of ether oxygens (including phenoxy) is 2. The van der Waals surface area contributed by atoms with Gasteiger partial charge in [-0.2, -0.15) is 5.26 Å². The largest absolute Gasteiger partial charge is 0.493 e. The third kappa shape index (κ3) is 5.28. The van der Waals surface area contributed by atoms with Crippen molar-refractivity contribution in [3.05, 3.63) is 28.3 Å². The molecule has 0 fully saturated rings. The van der Waals surface area contributed by atoms with Gasteiger partial charge in [0.2, 0.25) is 0 Å².